The molecule has 1 aliphatic carbocycles. The molecule has 0 aromatic carbocycles. The van der Waals surface area contributed by atoms with E-state index in [9.17, 15) is 0 Å². The summed E-state index contributed by atoms with van der Waals surface area (Å²) in [6.45, 7) is 0.656. The Labute approximate surface area is 85.1 Å². The van der Waals surface area contributed by atoms with Gasteiger partial charge in [0, 0.05) is 12.7 Å². The summed E-state index contributed by atoms with van der Waals surface area (Å²) < 4.78 is 0.884. The lowest BCUT2D eigenvalue weighted by Crippen LogP contribution is -2.31. The molecule has 5 heteroatoms. The zero-order valence-electron chi connectivity index (χ0n) is 7.13. The van der Waals surface area contributed by atoms with Gasteiger partial charge in [-0.3, -0.25) is 0 Å². The first-order chi connectivity index (χ1) is 6.26. The van der Waals surface area contributed by atoms with Gasteiger partial charge in [-0.15, -0.1) is 0 Å². The summed E-state index contributed by atoms with van der Waals surface area (Å²) in [4.78, 5) is 8.02. The summed E-state index contributed by atoms with van der Waals surface area (Å²) >= 11 is 3.38. The van der Waals surface area contributed by atoms with E-state index < -0.39 is 0 Å². The molecule has 0 aliphatic heterocycles. The van der Waals surface area contributed by atoms with E-state index in [0.717, 1.165) is 23.1 Å². The standard InChI is InChI=1S/C8H11BrN4/c9-6-3-11-5-12-7(6)13-8(4-10)1-2-8/h3,5H,1-2,4,10H2,(H,11,12,13). The fraction of sp³-hybridized carbons (Fsp3) is 0.500. The number of anilines is 1. The van der Waals surface area contributed by atoms with Crippen LogP contribution in [0.3, 0.4) is 0 Å². The van der Waals surface area contributed by atoms with Crippen molar-refractivity contribution in [3.05, 3.63) is 17.0 Å². The second-order valence-corrected chi connectivity index (χ2v) is 4.18. The summed E-state index contributed by atoms with van der Waals surface area (Å²) in [7, 11) is 0. The van der Waals surface area contributed by atoms with E-state index in [0.29, 0.717) is 6.54 Å². The van der Waals surface area contributed by atoms with Gasteiger partial charge in [0.25, 0.3) is 0 Å². The molecule has 0 amide bonds. The van der Waals surface area contributed by atoms with Crippen molar-refractivity contribution in [3.63, 3.8) is 0 Å². The Kier molecular flexibility index (Phi) is 2.21. The molecule has 1 aliphatic rings. The van der Waals surface area contributed by atoms with Crippen LogP contribution in [0.5, 0.6) is 0 Å². The summed E-state index contributed by atoms with van der Waals surface area (Å²) in [5, 5.41) is 3.32. The van der Waals surface area contributed by atoms with Crippen molar-refractivity contribution in [1.29, 1.82) is 0 Å². The van der Waals surface area contributed by atoms with Crippen LogP contribution in [0, 0.1) is 0 Å². The monoisotopic (exact) mass is 242 g/mol. The van der Waals surface area contributed by atoms with Gasteiger partial charge in [-0.2, -0.15) is 0 Å². The minimum absolute atomic E-state index is 0.0941. The normalized spacial score (nSPS) is 18.3. The van der Waals surface area contributed by atoms with Gasteiger partial charge in [0.2, 0.25) is 0 Å². The third-order valence-corrected chi connectivity index (χ3v) is 2.88. The van der Waals surface area contributed by atoms with E-state index in [1.54, 1.807) is 6.20 Å². The highest BCUT2D eigenvalue weighted by Gasteiger charge is 2.41. The Morgan fingerprint density at radius 2 is 2.38 bits per heavy atom. The Morgan fingerprint density at radius 3 is 2.92 bits per heavy atom. The Bertz CT molecular complexity index is 311. The molecule has 1 heterocycles. The second kappa shape index (κ2) is 3.23. The number of hydrogen-bond donors (Lipinski definition) is 2. The molecule has 13 heavy (non-hydrogen) atoms. The molecule has 4 nitrogen and oxygen atoms in total. The number of hydrogen-bond acceptors (Lipinski definition) is 4. The zero-order valence-corrected chi connectivity index (χ0v) is 8.71. The van der Waals surface area contributed by atoms with Crippen LogP contribution >= 0.6 is 15.9 Å². The van der Waals surface area contributed by atoms with Crippen LogP contribution in [0.1, 0.15) is 12.8 Å². The molecule has 70 valence electrons. The lowest BCUT2D eigenvalue weighted by atomic mass is 10.3. The highest BCUT2D eigenvalue weighted by molar-refractivity contribution is 9.10. The van der Waals surface area contributed by atoms with Crippen molar-refractivity contribution < 1.29 is 0 Å². The molecule has 0 saturated heterocycles. The predicted molar refractivity (Wildman–Crippen MR) is 54.4 cm³/mol. The van der Waals surface area contributed by atoms with Gasteiger partial charge in [0.15, 0.2) is 0 Å². The van der Waals surface area contributed by atoms with E-state index >= 15 is 0 Å². The number of nitrogens with one attached hydrogen (secondary N) is 1. The quantitative estimate of drug-likeness (QED) is 0.835. The average Bonchev–Trinajstić information content (AvgIpc) is 2.90. The molecule has 0 unspecified atom stereocenters. The molecule has 0 radical (unpaired) electrons. The van der Waals surface area contributed by atoms with Crippen LogP contribution in [0.25, 0.3) is 0 Å². The van der Waals surface area contributed by atoms with Crippen LogP contribution in [0.2, 0.25) is 0 Å². The number of rotatable bonds is 3. The minimum atomic E-state index is 0.0941. The van der Waals surface area contributed by atoms with Crippen LogP contribution in [0.4, 0.5) is 5.82 Å². The van der Waals surface area contributed by atoms with E-state index in [2.05, 4.69) is 31.2 Å². The lowest BCUT2D eigenvalue weighted by molar-refractivity contribution is 0.735. The lowest BCUT2D eigenvalue weighted by Gasteiger charge is -2.15. The third-order valence-electron chi connectivity index (χ3n) is 2.30. The summed E-state index contributed by atoms with van der Waals surface area (Å²) in [6, 6.07) is 0. The summed E-state index contributed by atoms with van der Waals surface area (Å²) in [5.41, 5.74) is 5.74. The number of nitrogens with zero attached hydrogens (tertiary/aromatic N) is 2. The van der Waals surface area contributed by atoms with Crippen molar-refractivity contribution >= 4 is 21.7 Å². The molecular weight excluding hydrogens is 232 g/mol. The zero-order chi connectivity index (χ0) is 9.31. The number of nitrogens with two attached hydrogens (primary N) is 1. The molecule has 3 N–H and O–H groups in total. The molecule has 2 rings (SSSR count). The maximum atomic E-state index is 5.65. The third kappa shape index (κ3) is 1.81. The molecule has 0 spiro atoms. The highest BCUT2D eigenvalue weighted by atomic mass is 79.9. The predicted octanol–water partition coefficient (Wildman–Crippen LogP) is 1.14. The van der Waals surface area contributed by atoms with Gasteiger partial charge in [-0.1, -0.05) is 0 Å². The van der Waals surface area contributed by atoms with Crippen LogP contribution in [0.15, 0.2) is 17.0 Å². The largest absolute Gasteiger partial charge is 0.362 e. The second-order valence-electron chi connectivity index (χ2n) is 3.33. The summed E-state index contributed by atoms with van der Waals surface area (Å²) in [6.07, 6.45) is 5.50. The topological polar surface area (TPSA) is 63.8 Å². The van der Waals surface area contributed by atoms with E-state index in [1.165, 1.54) is 6.33 Å². The number of aromatic nitrogens is 2. The van der Waals surface area contributed by atoms with E-state index in [-0.39, 0.29) is 5.54 Å². The van der Waals surface area contributed by atoms with Gasteiger partial charge in [-0.05, 0) is 28.8 Å². The van der Waals surface area contributed by atoms with Gasteiger partial charge < -0.3 is 11.1 Å². The minimum Gasteiger partial charge on any atom is -0.362 e. The average molecular weight is 243 g/mol. The van der Waals surface area contributed by atoms with Crippen LogP contribution in [-0.4, -0.2) is 22.1 Å². The maximum absolute atomic E-state index is 5.65. The molecule has 1 saturated carbocycles. The Morgan fingerprint density at radius 1 is 1.62 bits per heavy atom. The summed E-state index contributed by atoms with van der Waals surface area (Å²) in [5.74, 6) is 0.831. The molecule has 1 aromatic rings. The molecule has 1 aromatic heterocycles. The van der Waals surface area contributed by atoms with Crippen molar-refractivity contribution in [1.82, 2.24) is 9.97 Å². The van der Waals surface area contributed by atoms with Crippen molar-refractivity contribution in [3.8, 4) is 0 Å². The first kappa shape index (κ1) is 8.90. The molecular formula is C8H11BrN4. The fourth-order valence-electron chi connectivity index (χ4n) is 1.19. The number of halogens is 1. The van der Waals surface area contributed by atoms with Gasteiger partial charge in [-0.25, -0.2) is 9.97 Å². The first-order valence-corrected chi connectivity index (χ1v) is 4.99. The smallest absolute Gasteiger partial charge is 0.144 e. The molecule has 0 bridgehead atoms. The molecule has 1 fully saturated rings. The van der Waals surface area contributed by atoms with E-state index in [4.69, 9.17) is 5.73 Å². The van der Waals surface area contributed by atoms with Gasteiger partial charge in [0.1, 0.15) is 12.1 Å². The van der Waals surface area contributed by atoms with Crippen LogP contribution < -0.4 is 11.1 Å². The van der Waals surface area contributed by atoms with Gasteiger partial charge >= 0.3 is 0 Å². The maximum Gasteiger partial charge on any atom is 0.144 e. The molecule has 0 atom stereocenters. The SMILES string of the molecule is NCC1(Nc2ncncc2Br)CC1. The van der Waals surface area contributed by atoms with Crippen molar-refractivity contribution in [2.75, 3.05) is 11.9 Å². The highest BCUT2D eigenvalue weighted by Crippen LogP contribution is 2.38. The Balaban J connectivity index is 2.14. The van der Waals surface area contributed by atoms with Crippen molar-refractivity contribution in [2.45, 2.75) is 18.4 Å². The van der Waals surface area contributed by atoms with Crippen molar-refractivity contribution in [2.24, 2.45) is 5.73 Å². The Hall–Kier alpha value is -0.680. The van der Waals surface area contributed by atoms with Crippen LogP contribution in [-0.2, 0) is 0 Å². The van der Waals surface area contributed by atoms with Gasteiger partial charge in [0.05, 0.1) is 10.0 Å². The fourth-order valence-corrected chi connectivity index (χ4v) is 1.51. The van der Waals surface area contributed by atoms with E-state index in [1.807, 2.05) is 0 Å². The first-order valence-electron chi connectivity index (χ1n) is 4.19.